The molecular weight excluding hydrogens is 452 g/mol. The molecule has 1 aromatic carbocycles. The molecule has 0 aliphatic rings. The van der Waals surface area contributed by atoms with Crippen LogP contribution in [0.1, 0.15) is 5.56 Å². The number of fused-ring (bicyclic) bond motifs is 1. The van der Waals surface area contributed by atoms with Crippen molar-refractivity contribution >= 4 is 50.9 Å². The van der Waals surface area contributed by atoms with Gasteiger partial charge in [0.2, 0.25) is 0 Å². The van der Waals surface area contributed by atoms with Crippen LogP contribution in [0.5, 0.6) is 5.75 Å². The SMILES string of the molecule is O=[N+]([O-])c1cc(Br)c(O)c(/C=N/c2c(-c3ccco3)nc3ccc(Cl)cn23)c1. The Bertz CT molecular complexity index is 1230. The summed E-state index contributed by atoms with van der Waals surface area (Å²) in [7, 11) is 0. The summed E-state index contributed by atoms with van der Waals surface area (Å²) in [4.78, 5) is 19.5. The second kappa shape index (κ2) is 7.10. The summed E-state index contributed by atoms with van der Waals surface area (Å²) in [6, 6.07) is 9.34. The number of nitrogens with zero attached hydrogens (tertiary/aromatic N) is 4. The molecule has 1 N–H and O–H groups in total. The molecule has 4 rings (SSSR count). The van der Waals surface area contributed by atoms with E-state index in [0.717, 1.165) is 0 Å². The molecule has 4 aromatic rings. The molecule has 3 aromatic heterocycles. The number of phenolic OH excluding ortho intramolecular Hbond substituents is 1. The van der Waals surface area contributed by atoms with Crippen LogP contribution in [0.15, 0.2) is 62.7 Å². The van der Waals surface area contributed by atoms with E-state index in [-0.39, 0.29) is 21.5 Å². The van der Waals surface area contributed by atoms with Gasteiger partial charge in [0.1, 0.15) is 11.4 Å². The molecule has 28 heavy (non-hydrogen) atoms. The lowest BCUT2D eigenvalue weighted by molar-refractivity contribution is -0.385. The van der Waals surface area contributed by atoms with Crippen molar-refractivity contribution in [2.24, 2.45) is 4.99 Å². The number of pyridine rings is 1. The summed E-state index contributed by atoms with van der Waals surface area (Å²) < 4.78 is 7.29. The highest BCUT2D eigenvalue weighted by atomic mass is 79.9. The van der Waals surface area contributed by atoms with E-state index in [1.165, 1.54) is 24.6 Å². The first kappa shape index (κ1) is 18.2. The van der Waals surface area contributed by atoms with E-state index in [1.54, 1.807) is 34.9 Å². The van der Waals surface area contributed by atoms with Crippen molar-refractivity contribution < 1.29 is 14.4 Å². The smallest absolute Gasteiger partial charge is 0.271 e. The topological polar surface area (TPSA) is 106 Å². The van der Waals surface area contributed by atoms with Gasteiger partial charge in [0.25, 0.3) is 5.69 Å². The fourth-order valence-electron chi connectivity index (χ4n) is 2.65. The number of imidazole rings is 1. The van der Waals surface area contributed by atoms with Gasteiger partial charge in [0.05, 0.1) is 20.7 Å². The van der Waals surface area contributed by atoms with Crippen LogP contribution in [0.2, 0.25) is 5.02 Å². The van der Waals surface area contributed by atoms with E-state index >= 15 is 0 Å². The Labute approximate surface area is 171 Å². The lowest BCUT2D eigenvalue weighted by atomic mass is 10.2. The first-order valence-corrected chi connectivity index (χ1v) is 9.03. The van der Waals surface area contributed by atoms with Crippen LogP contribution < -0.4 is 0 Å². The minimum Gasteiger partial charge on any atom is -0.506 e. The van der Waals surface area contributed by atoms with Crippen LogP contribution in [-0.4, -0.2) is 25.6 Å². The maximum Gasteiger partial charge on any atom is 0.271 e. The Hall–Kier alpha value is -3.17. The number of phenols is 1. The fourth-order valence-corrected chi connectivity index (χ4v) is 3.27. The number of furan rings is 1. The summed E-state index contributed by atoms with van der Waals surface area (Å²) in [6.45, 7) is 0. The normalized spacial score (nSPS) is 11.5. The molecule has 0 bridgehead atoms. The van der Waals surface area contributed by atoms with Gasteiger partial charge < -0.3 is 9.52 Å². The van der Waals surface area contributed by atoms with Crippen molar-refractivity contribution in [2.75, 3.05) is 0 Å². The zero-order chi connectivity index (χ0) is 19.8. The molecule has 0 spiro atoms. The molecule has 3 heterocycles. The standard InChI is InChI=1S/C18H10BrClN4O4/c19-13-7-12(24(26)27)6-10(17(13)25)8-21-18-16(14-2-1-5-28-14)22-15-4-3-11(20)9-23(15)18/h1-9,25H/b21-8+. The minimum atomic E-state index is -0.552. The summed E-state index contributed by atoms with van der Waals surface area (Å²) in [5.74, 6) is 0.728. The number of rotatable bonds is 4. The Morgan fingerprint density at radius 3 is 2.89 bits per heavy atom. The molecule has 0 radical (unpaired) electrons. The number of nitro benzene ring substituents is 1. The van der Waals surface area contributed by atoms with E-state index in [4.69, 9.17) is 16.0 Å². The van der Waals surface area contributed by atoms with Gasteiger partial charge in [0.15, 0.2) is 17.3 Å². The van der Waals surface area contributed by atoms with Crippen molar-refractivity contribution in [1.82, 2.24) is 9.38 Å². The highest BCUT2D eigenvalue weighted by Crippen LogP contribution is 2.34. The third-order valence-corrected chi connectivity index (χ3v) is 4.75. The molecule has 0 aliphatic heterocycles. The van der Waals surface area contributed by atoms with Crippen molar-refractivity contribution in [1.29, 1.82) is 0 Å². The number of nitro groups is 1. The van der Waals surface area contributed by atoms with Gasteiger partial charge in [-0.3, -0.25) is 14.5 Å². The second-order valence-corrected chi connectivity index (χ2v) is 7.01. The summed E-state index contributed by atoms with van der Waals surface area (Å²) in [5, 5.41) is 21.8. The average molecular weight is 462 g/mol. The Morgan fingerprint density at radius 1 is 1.36 bits per heavy atom. The van der Waals surface area contributed by atoms with Crippen molar-refractivity contribution in [3.8, 4) is 17.2 Å². The zero-order valence-electron chi connectivity index (χ0n) is 13.9. The molecule has 10 heteroatoms. The van der Waals surface area contributed by atoms with Crippen molar-refractivity contribution in [3.05, 3.63) is 74.0 Å². The number of halogens is 2. The Kier molecular flexibility index (Phi) is 4.62. The maximum atomic E-state index is 11.1. The maximum absolute atomic E-state index is 11.1. The largest absolute Gasteiger partial charge is 0.506 e. The third-order valence-electron chi connectivity index (χ3n) is 3.93. The molecule has 0 saturated heterocycles. The predicted molar refractivity (Wildman–Crippen MR) is 108 cm³/mol. The summed E-state index contributed by atoms with van der Waals surface area (Å²) in [5.41, 5.74) is 1.04. The fraction of sp³-hybridized carbons (Fsp3) is 0. The summed E-state index contributed by atoms with van der Waals surface area (Å²) >= 11 is 9.21. The van der Waals surface area contributed by atoms with E-state index < -0.39 is 4.92 Å². The molecule has 0 unspecified atom stereocenters. The highest BCUT2D eigenvalue weighted by Gasteiger charge is 2.17. The lowest BCUT2D eigenvalue weighted by Gasteiger charge is -2.03. The van der Waals surface area contributed by atoms with E-state index in [0.29, 0.717) is 27.9 Å². The molecule has 0 atom stereocenters. The van der Waals surface area contributed by atoms with Crippen molar-refractivity contribution in [2.45, 2.75) is 0 Å². The quantitative estimate of drug-likeness (QED) is 0.250. The molecule has 0 saturated carbocycles. The van der Waals surface area contributed by atoms with Crippen LogP contribution in [0.3, 0.4) is 0 Å². The van der Waals surface area contributed by atoms with Gasteiger partial charge in [-0.1, -0.05) is 11.6 Å². The lowest BCUT2D eigenvalue weighted by Crippen LogP contribution is -1.92. The Morgan fingerprint density at radius 2 is 2.18 bits per heavy atom. The molecule has 0 amide bonds. The number of aliphatic imine (C=N–C) groups is 1. The number of aromatic nitrogens is 2. The van der Waals surface area contributed by atoms with Gasteiger partial charge in [-0.05, 0) is 40.2 Å². The molecule has 0 fully saturated rings. The average Bonchev–Trinajstić information content (AvgIpc) is 3.30. The van der Waals surface area contributed by atoms with E-state index in [9.17, 15) is 15.2 Å². The second-order valence-electron chi connectivity index (χ2n) is 5.72. The molecular formula is C18H10BrClN4O4. The van der Waals surface area contributed by atoms with Gasteiger partial charge in [0, 0.05) is 30.1 Å². The zero-order valence-corrected chi connectivity index (χ0v) is 16.3. The third kappa shape index (κ3) is 3.25. The van der Waals surface area contributed by atoms with Crippen LogP contribution in [0, 0.1) is 10.1 Å². The monoisotopic (exact) mass is 460 g/mol. The highest BCUT2D eigenvalue weighted by molar-refractivity contribution is 9.10. The number of aromatic hydroxyl groups is 1. The number of hydrogen-bond donors (Lipinski definition) is 1. The van der Waals surface area contributed by atoms with Gasteiger partial charge >= 0.3 is 0 Å². The van der Waals surface area contributed by atoms with E-state index in [1.807, 2.05) is 0 Å². The number of benzene rings is 1. The van der Waals surface area contributed by atoms with Crippen LogP contribution in [0.25, 0.3) is 17.1 Å². The number of non-ortho nitro benzene ring substituents is 1. The Balaban J connectivity index is 1.89. The van der Waals surface area contributed by atoms with Crippen LogP contribution in [-0.2, 0) is 0 Å². The predicted octanol–water partition coefficient (Wildman–Crippen LogP) is 5.37. The molecule has 0 aliphatic carbocycles. The number of hydrogen-bond acceptors (Lipinski definition) is 6. The van der Waals surface area contributed by atoms with Crippen LogP contribution in [0.4, 0.5) is 11.5 Å². The molecule has 140 valence electrons. The minimum absolute atomic E-state index is 0.166. The summed E-state index contributed by atoms with van der Waals surface area (Å²) in [6.07, 6.45) is 4.49. The molecule has 8 nitrogen and oxygen atoms in total. The van der Waals surface area contributed by atoms with Crippen LogP contribution >= 0.6 is 27.5 Å². The van der Waals surface area contributed by atoms with Crippen molar-refractivity contribution in [3.63, 3.8) is 0 Å². The van der Waals surface area contributed by atoms with Gasteiger partial charge in [-0.25, -0.2) is 9.98 Å². The van der Waals surface area contributed by atoms with Gasteiger partial charge in [-0.15, -0.1) is 0 Å². The van der Waals surface area contributed by atoms with E-state index in [2.05, 4.69) is 25.9 Å². The first-order chi connectivity index (χ1) is 13.4. The first-order valence-electron chi connectivity index (χ1n) is 7.86. The van der Waals surface area contributed by atoms with Gasteiger partial charge in [-0.2, -0.15) is 0 Å².